The summed E-state index contributed by atoms with van der Waals surface area (Å²) in [6, 6.07) is 10.8. The molecule has 0 radical (unpaired) electrons. The number of nitrogens with zero attached hydrogens (tertiary/aromatic N) is 2. The van der Waals surface area contributed by atoms with E-state index in [1.165, 1.54) is 12.5 Å². The van der Waals surface area contributed by atoms with E-state index >= 15 is 0 Å². The molecular formula is C23H25ClN4O6S2. The summed E-state index contributed by atoms with van der Waals surface area (Å²) in [5.74, 6) is -0.543. The molecular weight excluding hydrogens is 528 g/mol. The van der Waals surface area contributed by atoms with E-state index in [-0.39, 0.29) is 29.8 Å². The number of aliphatic hydroxyl groups excluding tert-OH is 2. The lowest BCUT2D eigenvalue weighted by Crippen LogP contribution is -2.24. The molecule has 1 aliphatic rings. The molecule has 5 N–H and O–H groups in total. The molecule has 4 rings (SSSR count). The second-order valence-corrected chi connectivity index (χ2v) is 11.5. The van der Waals surface area contributed by atoms with Crippen molar-refractivity contribution in [3.05, 3.63) is 74.8 Å². The van der Waals surface area contributed by atoms with Gasteiger partial charge >= 0.3 is 10.3 Å². The van der Waals surface area contributed by atoms with E-state index in [0.29, 0.717) is 34.0 Å². The van der Waals surface area contributed by atoms with E-state index in [2.05, 4.69) is 19.5 Å². The molecule has 1 aromatic carbocycles. The van der Waals surface area contributed by atoms with Crippen LogP contribution in [0.1, 0.15) is 45.3 Å². The van der Waals surface area contributed by atoms with Crippen LogP contribution in [0.5, 0.6) is 0 Å². The first kappa shape index (κ1) is 26.6. The molecule has 0 amide bonds. The van der Waals surface area contributed by atoms with E-state index in [0.717, 1.165) is 16.9 Å². The Morgan fingerprint density at radius 3 is 2.78 bits per heavy atom. The fourth-order valence-corrected chi connectivity index (χ4v) is 5.88. The van der Waals surface area contributed by atoms with Gasteiger partial charge in [0.1, 0.15) is 12.1 Å². The molecule has 0 spiro atoms. The molecule has 192 valence electrons. The highest BCUT2D eigenvalue weighted by Gasteiger charge is 2.35. The van der Waals surface area contributed by atoms with E-state index in [4.69, 9.17) is 16.7 Å². The SMILES string of the molecule is NS(=O)(=O)OC[C@H]1C[C@@H](Nc2ncncc2C(=O)c2cc(C(O)Cc3ccccc3)c(Cl)s2)C[C@@H]1O. The van der Waals surface area contributed by atoms with Gasteiger partial charge in [0.2, 0.25) is 5.78 Å². The van der Waals surface area contributed by atoms with Crippen molar-refractivity contribution >= 4 is 44.8 Å². The average Bonchev–Trinajstić information content (AvgIpc) is 3.39. The van der Waals surface area contributed by atoms with Crippen LogP contribution in [0.25, 0.3) is 0 Å². The second kappa shape index (κ2) is 11.3. The minimum Gasteiger partial charge on any atom is -0.393 e. The molecule has 0 aliphatic heterocycles. The van der Waals surface area contributed by atoms with E-state index < -0.39 is 28.4 Å². The molecule has 4 atom stereocenters. The van der Waals surface area contributed by atoms with Gasteiger partial charge in [-0.15, -0.1) is 11.3 Å². The number of aromatic nitrogens is 2. The number of nitrogens with two attached hydrogens (primary N) is 1. The predicted molar refractivity (Wildman–Crippen MR) is 135 cm³/mol. The molecule has 2 heterocycles. The number of benzene rings is 1. The van der Waals surface area contributed by atoms with Gasteiger partial charge in [-0.2, -0.15) is 8.42 Å². The Balaban J connectivity index is 1.47. The van der Waals surface area contributed by atoms with E-state index in [1.807, 2.05) is 30.3 Å². The Labute approximate surface area is 217 Å². The van der Waals surface area contributed by atoms with Crippen LogP contribution in [0, 0.1) is 5.92 Å². The van der Waals surface area contributed by atoms with Crippen LogP contribution in [0.2, 0.25) is 4.34 Å². The minimum absolute atomic E-state index is 0.207. The van der Waals surface area contributed by atoms with Crippen LogP contribution in [-0.2, 0) is 20.9 Å². The third-order valence-electron chi connectivity index (χ3n) is 5.97. The third kappa shape index (κ3) is 6.65. The normalized spacial score (nSPS) is 20.8. The summed E-state index contributed by atoms with van der Waals surface area (Å²) in [4.78, 5) is 21.8. The van der Waals surface area contributed by atoms with Gasteiger partial charge in [0, 0.05) is 30.1 Å². The summed E-state index contributed by atoms with van der Waals surface area (Å²) in [6.07, 6.45) is 2.04. The quantitative estimate of drug-likeness (QED) is 0.276. The monoisotopic (exact) mass is 552 g/mol. The molecule has 1 fully saturated rings. The molecule has 1 unspecified atom stereocenters. The topological polar surface area (TPSA) is 165 Å². The van der Waals surface area contributed by atoms with E-state index in [9.17, 15) is 23.4 Å². The maximum atomic E-state index is 13.3. The molecule has 36 heavy (non-hydrogen) atoms. The number of rotatable bonds is 10. The largest absolute Gasteiger partial charge is 0.393 e. The highest BCUT2D eigenvalue weighted by Crippen LogP contribution is 2.36. The number of hydrogen-bond acceptors (Lipinski definition) is 10. The van der Waals surface area contributed by atoms with Crippen molar-refractivity contribution in [1.29, 1.82) is 0 Å². The number of ketones is 1. The van der Waals surface area contributed by atoms with Gasteiger partial charge in [-0.3, -0.25) is 8.98 Å². The van der Waals surface area contributed by atoms with Crippen molar-refractivity contribution in [3.63, 3.8) is 0 Å². The fourth-order valence-electron chi connectivity index (χ4n) is 4.19. The lowest BCUT2D eigenvalue weighted by molar-refractivity contribution is 0.101. The van der Waals surface area contributed by atoms with Gasteiger partial charge in [-0.25, -0.2) is 15.1 Å². The molecule has 1 aliphatic carbocycles. The van der Waals surface area contributed by atoms with Crippen molar-refractivity contribution in [2.24, 2.45) is 11.1 Å². The highest BCUT2D eigenvalue weighted by molar-refractivity contribution is 7.84. The second-order valence-electron chi connectivity index (χ2n) is 8.58. The zero-order valence-electron chi connectivity index (χ0n) is 19.0. The lowest BCUT2D eigenvalue weighted by Gasteiger charge is -2.15. The van der Waals surface area contributed by atoms with E-state index in [1.54, 1.807) is 6.07 Å². The van der Waals surface area contributed by atoms with Gasteiger partial charge < -0.3 is 15.5 Å². The Kier molecular flexibility index (Phi) is 8.35. The summed E-state index contributed by atoms with van der Waals surface area (Å²) in [5, 5.41) is 29.0. The van der Waals surface area contributed by atoms with Crippen LogP contribution in [0.15, 0.2) is 48.9 Å². The zero-order chi connectivity index (χ0) is 25.9. The van der Waals surface area contributed by atoms with Gasteiger partial charge in [-0.05, 0) is 24.5 Å². The molecule has 2 aromatic heterocycles. The molecule has 10 nitrogen and oxygen atoms in total. The molecule has 1 saturated carbocycles. The van der Waals surface area contributed by atoms with Crippen molar-refractivity contribution in [3.8, 4) is 0 Å². The predicted octanol–water partition coefficient (Wildman–Crippen LogP) is 2.47. The number of aliphatic hydroxyl groups is 2. The highest BCUT2D eigenvalue weighted by atomic mass is 35.5. The number of nitrogens with one attached hydrogen (secondary N) is 1. The number of hydrogen-bond donors (Lipinski definition) is 4. The van der Waals surface area contributed by atoms with Crippen molar-refractivity contribution in [1.82, 2.24) is 9.97 Å². The average molecular weight is 553 g/mol. The molecule has 0 bridgehead atoms. The smallest absolute Gasteiger partial charge is 0.333 e. The summed E-state index contributed by atoms with van der Waals surface area (Å²) >= 11 is 7.44. The maximum absolute atomic E-state index is 13.3. The Morgan fingerprint density at radius 1 is 1.31 bits per heavy atom. The van der Waals surface area contributed by atoms with Gasteiger partial charge in [0.25, 0.3) is 0 Å². The number of carbonyl (C=O) groups is 1. The Hall–Kier alpha value is -2.45. The Bertz CT molecular complexity index is 1320. The summed E-state index contributed by atoms with van der Waals surface area (Å²) in [5.41, 5.74) is 1.62. The van der Waals surface area contributed by atoms with Crippen LogP contribution < -0.4 is 10.5 Å². The standard InChI is InChI=1S/C23H25ClN4O6S2/c24-22-16(19(30)6-13-4-2-1-3-5-13)9-20(35-22)21(31)17-10-26-12-27-23(17)28-15-7-14(18(29)8-15)11-34-36(25,32)33/h1-5,9-10,12,14-15,18-19,29-30H,6-8,11H2,(H2,25,32,33)(H,26,27,28)/t14-,15-,18+,19?/m1/s1. The molecule has 13 heteroatoms. The van der Waals surface area contributed by atoms with Crippen molar-refractivity contribution in [2.75, 3.05) is 11.9 Å². The van der Waals surface area contributed by atoms with Gasteiger partial charge in [-0.1, -0.05) is 41.9 Å². The van der Waals surface area contributed by atoms with Gasteiger partial charge in [0.15, 0.2) is 0 Å². The summed E-state index contributed by atoms with van der Waals surface area (Å²) in [7, 11) is -4.11. The van der Waals surface area contributed by atoms with Crippen molar-refractivity contribution in [2.45, 2.75) is 37.5 Å². The van der Waals surface area contributed by atoms with Crippen LogP contribution in [-0.4, -0.2) is 53.1 Å². The fraction of sp³-hybridized carbons (Fsp3) is 0.348. The number of anilines is 1. The summed E-state index contributed by atoms with van der Waals surface area (Å²) < 4.78 is 27.1. The third-order valence-corrected chi connectivity index (χ3v) is 7.82. The summed E-state index contributed by atoms with van der Waals surface area (Å²) in [6.45, 7) is -0.241. The van der Waals surface area contributed by atoms with Crippen molar-refractivity contribution < 1.29 is 27.6 Å². The maximum Gasteiger partial charge on any atom is 0.333 e. The lowest BCUT2D eigenvalue weighted by atomic mass is 10.0. The first-order valence-electron chi connectivity index (χ1n) is 11.1. The van der Waals surface area contributed by atoms with Crippen LogP contribution in [0.4, 0.5) is 5.82 Å². The van der Waals surface area contributed by atoms with Crippen LogP contribution >= 0.6 is 22.9 Å². The molecule has 0 saturated heterocycles. The first-order valence-corrected chi connectivity index (χ1v) is 13.7. The number of thiophene rings is 1. The number of carbonyl (C=O) groups excluding carboxylic acids is 1. The molecule has 3 aromatic rings. The Morgan fingerprint density at radius 2 is 2.06 bits per heavy atom. The van der Waals surface area contributed by atoms with Crippen LogP contribution in [0.3, 0.4) is 0 Å². The number of halogens is 1. The first-order chi connectivity index (χ1) is 17.1. The minimum atomic E-state index is -4.11. The zero-order valence-corrected chi connectivity index (χ0v) is 21.3. The van der Waals surface area contributed by atoms with Gasteiger partial charge in [0.05, 0.1) is 33.6 Å².